The molecule has 0 aliphatic carbocycles. The predicted octanol–water partition coefficient (Wildman–Crippen LogP) is 4.15. The number of carbonyl (C=O) groups excluding carboxylic acids is 3. The summed E-state index contributed by atoms with van der Waals surface area (Å²) in [5, 5.41) is 16.1. The number of nitrogens with one attached hydrogen (secondary N) is 2. The van der Waals surface area contributed by atoms with Crippen molar-refractivity contribution in [2.75, 3.05) is 6.54 Å². The SMILES string of the molecule is CCN(C(=O)C(NC(=O)OC(C)(C)C)C(C)C)C(C(=O)NCc1ccccc1)c1ccccc1O. The lowest BCUT2D eigenvalue weighted by Gasteiger charge is -2.35. The van der Waals surface area contributed by atoms with Gasteiger partial charge in [0.25, 0.3) is 0 Å². The Morgan fingerprint density at radius 1 is 1.00 bits per heavy atom. The summed E-state index contributed by atoms with van der Waals surface area (Å²) >= 11 is 0. The number of para-hydroxylation sites is 1. The van der Waals surface area contributed by atoms with Crippen molar-refractivity contribution >= 4 is 17.9 Å². The Morgan fingerprint density at radius 3 is 2.14 bits per heavy atom. The molecule has 8 heteroatoms. The number of phenols is 1. The molecule has 0 bridgehead atoms. The van der Waals surface area contributed by atoms with Crippen LogP contribution in [0.25, 0.3) is 0 Å². The Labute approximate surface area is 207 Å². The van der Waals surface area contributed by atoms with Gasteiger partial charge in [-0.2, -0.15) is 0 Å². The molecule has 2 atom stereocenters. The molecule has 0 aliphatic rings. The fraction of sp³-hybridized carbons (Fsp3) is 0.444. The zero-order chi connectivity index (χ0) is 26.2. The van der Waals surface area contributed by atoms with Crippen molar-refractivity contribution in [3.63, 3.8) is 0 Å². The molecule has 0 saturated heterocycles. The van der Waals surface area contributed by atoms with E-state index in [1.54, 1.807) is 59.7 Å². The fourth-order valence-corrected chi connectivity index (χ4v) is 3.64. The van der Waals surface area contributed by atoms with Gasteiger partial charge in [-0.15, -0.1) is 0 Å². The van der Waals surface area contributed by atoms with Crippen molar-refractivity contribution in [2.45, 2.75) is 65.8 Å². The van der Waals surface area contributed by atoms with Crippen molar-refractivity contribution in [1.29, 1.82) is 0 Å². The molecular weight excluding hydrogens is 446 g/mol. The third kappa shape index (κ3) is 8.02. The van der Waals surface area contributed by atoms with Crippen LogP contribution < -0.4 is 10.6 Å². The van der Waals surface area contributed by atoms with E-state index in [9.17, 15) is 19.5 Å². The molecule has 2 unspecified atom stereocenters. The summed E-state index contributed by atoms with van der Waals surface area (Å²) in [6, 6.07) is 13.8. The first-order chi connectivity index (χ1) is 16.4. The van der Waals surface area contributed by atoms with Crippen LogP contribution in [0.3, 0.4) is 0 Å². The van der Waals surface area contributed by atoms with E-state index in [-0.39, 0.29) is 24.8 Å². The molecule has 0 saturated carbocycles. The van der Waals surface area contributed by atoms with Crippen LogP contribution in [0.15, 0.2) is 54.6 Å². The van der Waals surface area contributed by atoms with E-state index in [0.717, 1.165) is 5.56 Å². The monoisotopic (exact) mass is 483 g/mol. The summed E-state index contributed by atoms with van der Waals surface area (Å²) < 4.78 is 5.34. The fourth-order valence-electron chi connectivity index (χ4n) is 3.64. The zero-order valence-electron chi connectivity index (χ0n) is 21.4. The molecule has 0 heterocycles. The van der Waals surface area contributed by atoms with Gasteiger partial charge in [0.2, 0.25) is 11.8 Å². The Bertz CT molecular complexity index is 1000. The molecular formula is C27H37N3O5. The number of phenolic OH excluding ortho intramolecular Hbond substituents is 1. The van der Waals surface area contributed by atoms with Gasteiger partial charge < -0.3 is 25.4 Å². The summed E-state index contributed by atoms with van der Waals surface area (Å²) in [6.07, 6.45) is -0.715. The normalized spacial score (nSPS) is 13.0. The van der Waals surface area contributed by atoms with Crippen LogP contribution in [0.5, 0.6) is 5.75 Å². The average molecular weight is 484 g/mol. The molecule has 2 aromatic carbocycles. The maximum absolute atomic E-state index is 13.7. The highest BCUT2D eigenvalue weighted by Gasteiger charge is 2.37. The number of hydrogen-bond acceptors (Lipinski definition) is 5. The third-order valence-electron chi connectivity index (χ3n) is 5.33. The van der Waals surface area contributed by atoms with Crippen LogP contribution in [-0.2, 0) is 20.9 Å². The highest BCUT2D eigenvalue weighted by molar-refractivity contribution is 5.92. The lowest BCUT2D eigenvalue weighted by molar-refractivity contribution is -0.143. The van der Waals surface area contributed by atoms with E-state index in [1.165, 1.54) is 11.0 Å². The molecule has 0 aromatic heterocycles. The van der Waals surface area contributed by atoms with Crippen molar-refractivity contribution in [3.8, 4) is 5.75 Å². The van der Waals surface area contributed by atoms with E-state index in [2.05, 4.69) is 10.6 Å². The maximum atomic E-state index is 13.7. The number of aromatic hydroxyl groups is 1. The van der Waals surface area contributed by atoms with Crippen molar-refractivity contribution in [1.82, 2.24) is 15.5 Å². The quantitative estimate of drug-likeness (QED) is 0.497. The number of carbonyl (C=O) groups is 3. The van der Waals surface area contributed by atoms with Crippen LogP contribution in [0, 0.1) is 5.92 Å². The summed E-state index contributed by atoms with van der Waals surface area (Å²) in [6.45, 7) is 11.0. The molecule has 190 valence electrons. The molecule has 0 spiro atoms. The number of amides is 3. The maximum Gasteiger partial charge on any atom is 0.408 e. The smallest absolute Gasteiger partial charge is 0.408 e. The summed E-state index contributed by atoms with van der Waals surface area (Å²) in [7, 11) is 0. The zero-order valence-corrected chi connectivity index (χ0v) is 21.4. The lowest BCUT2D eigenvalue weighted by Crippen LogP contribution is -2.54. The molecule has 0 aliphatic heterocycles. The first-order valence-corrected chi connectivity index (χ1v) is 11.8. The molecule has 2 rings (SSSR count). The largest absolute Gasteiger partial charge is 0.508 e. The van der Waals surface area contributed by atoms with Crippen LogP contribution in [0.2, 0.25) is 0 Å². The second kappa shape index (κ2) is 12.2. The van der Waals surface area contributed by atoms with Crippen molar-refractivity contribution in [3.05, 3.63) is 65.7 Å². The highest BCUT2D eigenvalue weighted by Crippen LogP contribution is 2.30. The Hall–Kier alpha value is -3.55. The summed E-state index contributed by atoms with van der Waals surface area (Å²) in [5.41, 5.74) is 0.473. The lowest BCUT2D eigenvalue weighted by atomic mass is 9.98. The minimum Gasteiger partial charge on any atom is -0.508 e. The van der Waals surface area contributed by atoms with Gasteiger partial charge in [0, 0.05) is 18.7 Å². The average Bonchev–Trinajstić information content (AvgIpc) is 2.79. The van der Waals surface area contributed by atoms with E-state index in [1.807, 2.05) is 30.3 Å². The molecule has 0 radical (unpaired) electrons. The number of likely N-dealkylation sites (N-methyl/N-ethyl adjacent to an activating group) is 1. The number of ether oxygens (including phenoxy) is 1. The van der Waals surface area contributed by atoms with Crippen molar-refractivity contribution in [2.24, 2.45) is 5.92 Å². The topological polar surface area (TPSA) is 108 Å². The number of rotatable bonds is 9. The highest BCUT2D eigenvalue weighted by atomic mass is 16.6. The molecule has 35 heavy (non-hydrogen) atoms. The summed E-state index contributed by atoms with van der Waals surface area (Å²) in [5.74, 6) is -1.26. The number of hydrogen-bond donors (Lipinski definition) is 3. The van der Waals surface area contributed by atoms with Gasteiger partial charge in [0.15, 0.2) is 0 Å². The minimum atomic E-state index is -1.10. The van der Waals surface area contributed by atoms with Crippen LogP contribution >= 0.6 is 0 Å². The second-order valence-corrected chi connectivity index (χ2v) is 9.66. The Balaban J connectivity index is 2.37. The third-order valence-corrected chi connectivity index (χ3v) is 5.33. The first-order valence-electron chi connectivity index (χ1n) is 11.8. The number of alkyl carbamates (subject to hydrolysis) is 1. The second-order valence-electron chi connectivity index (χ2n) is 9.66. The molecule has 8 nitrogen and oxygen atoms in total. The van der Waals surface area contributed by atoms with Gasteiger partial charge in [0.1, 0.15) is 23.4 Å². The van der Waals surface area contributed by atoms with E-state index in [4.69, 9.17) is 4.74 Å². The number of nitrogens with zero attached hydrogens (tertiary/aromatic N) is 1. The number of benzene rings is 2. The Kier molecular flexibility index (Phi) is 9.68. The van der Waals surface area contributed by atoms with Gasteiger partial charge in [0.05, 0.1) is 0 Å². The van der Waals surface area contributed by atoms with E-state index >= 15 is 0 Å². The van der Waals surface area contributed by atoms with Gasteiger partial charge >= 0.3 is 6.09 Å². The minimum absolute atomic E-state index is 0.0974. The standard InChI is InChI=1S/C27H37N3O5/c1-7-30(25(33)22(18(2)3)29-26(34)35-27(4,5)6)23(20-15-11-12-16-21(20)31)24(32)28-17-19-13-9-8-10-14-19/h8-16,18,22-23,31H,7,17H2,1-6H3,(H,28,32)(H,29,34). The van der Waals surface area contributed by atoms with E-state index in [0.29, 0.717) is 5.56 Å². The van der Waals surface area contributed by atoms with Gasteiger partial charge in [-0.1, -0.05) is 62.4 Å². The van der Waals surface area contributed by atoms with Crippen LogP contribution in [-0.4, -0.2) is 46.1 Å². The Morgan fingerprint density at radius 2 is 1.60 bits per heavy atom. The predicted molar refractivity (Wildman–Crippen MR) is 135 cm³/mol. The molecule has 3 amide bonds. The van der Waals surface area contributed by atoms with Gasteiger partial charge in [-0.25, -0.2) is 4.79 Å². The molecule has 0 fully saturated rings. The van der Waals surface area contributed by atoms with Crippen molar-refractivity contribution < 1.29 is 24.2 Å². The van der Waals surface area contributed by atoms with Gasteiger partial charge in [-0.3, -0.25) is 9.59 Å². The van der Waals surface area contributed by atoms with E-state index < -0.39 is 35.6 Å². The summed E-state index contributed by atoms with van der Waals surface area (Å²) in [4.78, 5) is 41.0. The first kappa shape index (κ1) is 27.7. The van der Waals surface area contributed by atoms with Gasteiger partial charge in [-0.05, 0) is 45.2 Å². The van der Waals surface area contributed by atoms with Crippen LogP contribution in [0.1, 0.15) is 58.7 Å². The molecule has 2 aromatic rings. The molecule has 3 N–H and O–H groups in total. The van der Waals surface area contributed by atoms with Crippen LogP contribution in [0.4, 0.5) is 4.79 Å².